The molecule has 0 saturated carbocycles. The molecule has 2 heterocycles. The number of likely N-dealkylation sites (N-methyl/N-ethyl adjacent to an activating group) is 1. The minimum atomic E-state index is -2.17. The topological polar surface area (TPSA) is 146 Å². The molecule has 2 bridgehead atoms. The number of hydrogen-bond acceptors (Lipinski definition) is 10. The van der Waals surface area contributed by atoms with E-state index < -0.39 is 47.4 Å². The number of aliphatic hydroxyl groups excluding tert-OH is 2. The van der Waals surface area contributed by atoms with E-state index in [2.05, 4.69) is 4.90 Å². The number of aliphatic hydroxyl groups is 3. The highest BCUT2D eigenvalue weighted by Crippen LogP contribution is 2.65. The Morgan fingerprint density at radius 3 is 2.62 bits per heavy atom. The maximum absolute atomic E-state index is 12.7. The fraction of sp³-hybridized carbons (Fsp3) is 0.583. The van der Waals surface area contributed by atoms with Gasteiger partial charge in [0.15, 0.2) is 29.8 Å². The van der Waals surface area contributed by atoms with Crippen molar-refractivity contribution >= 4 is 11.9 Å². The second-order valence-corrected chi connectivity index (χ2v) is 9.90. The van der Waals surface area contributed by atoms with Gasteiger partial charge in [0, 0.05) is 18.0 Å². The molecule has 5 rings (SSSR count). The summed E-state index contributed by atoms with van der Waals surface area (Å²) in [5.41, 5.74) is -0.509. The number of benzene rings is 1. The lowest BCUT2D eigenvalue weighted by Crippen LogP contribution is -2.74. The number of esters is 2. The lowest BCUT2D eigenvalue weighted by atomic mass is 9.50. The Kier molecular flexibility index (Phi) is 5.21. The average Bonchev–Trinajstić information content (AvgIpc) is 3.14. The van der Waals surface area contributed by atoms with Crippen molar-refractivity contribution in [3.05, 3.63) is 35.1 Å². The van der Waals surface area contributed by atoms with E-state index in [1.165, 1.54) is 0 Å². The molecule has 4 aliphatic rings. The Hall–Kier alpha value is -2.66. The van der Waals surface area contributed by atoms with Crippen LogP contribution in [0.15, 0.2) is 24.0 Å². The van der Waals surface area contributed by atoms with Gasteiger partial charge in [0.05, 0.1) is 17.1 Å². The minimum Gasteiger partial charge on any atom is -0.504 e. The number of phenols is 1. The largest absolute Gasteiger partial charge is 0.504 e. The molecule has 0 radical (unpaired) electrons. The van der Waals surface area contributed by atoms with Gasteiger partial charge < -0.3 is 39.5 Å². The van der Waals surface area contributed by atoms with Gasteiger partial charge in [0.2, 0.25) is 0 Å². The first-order valence-corrected chi connectivity index (χ1v) is 11.4. The van der Waals surface area contributed by atoms with Crippen LogP contribution in [0.4, 0.5) is 0 Å². The van der Waals surface area contributed by atoms with Crippen LogP contribution in [0.5, 0.6) is 11.5 Å². The van der Waals surface area contributed by atoms with Crippen LogP contribution in [-0.2, 0) is 30.9 Å². The third-order valence-electron chi connectivity index (χ3n) is 7.71. The minimum absolute atomic E-state index is 0.0601. The first kappa shape index (κ1) is 23.1. The molecule has 4 N–H and O–H groups in total. The average molecular weight is 475 g/mol. The predicted molar refractivity (Wildman–Crippen MR) is 116 cm³/mol. The third kappa shape index (κ3) is 2.95. The highest BCUT2D eigenvalue weighted by Gasteiger charge is 2.72. The standard InChI is InChI=1S/C24H29NO9/c1-11(2)32-21(29)17(27)18(28)22(30)33-14-6-7-24(31)15-10-12-4-5-13(26)19-16(12)23(24,20(14)34-19)8-9-25(15)3/h4-6,11,15,17-18,20,26-28,31H,7-10H2,1-3H3/t15-,17-,18-,20?,23?,24-/m1/s1. The second-order valence-electron chi connectivity index (χ2n) is 9.90. The molecule has 1 fully saturated rings. The smallest absolute Gasteiger partial charge is 0.343 e. The van der Waals surface area contributed by atoms with Crippen LogP contribution in [0.2, 0.25) is 0 Å². The van der Waals surface area contributed by atoms with Crippen molar-refractivity contribution in [2.75, 3.05) is 13.6 Å². The van der Waals surface area contributed by atoms with E-state index in [0.717, 1.165) is 11.1 Å². The van der Waals surface area contributed by atoms with Gasteiger partial charge in [-0.3, -0.25) is 0 Å². The molecule has 1 aromatic rings. The third-order valence-corrected chi connectivity index (χ3v) is 7.71. The van der Waals surface area contributed by atoms with E-state index in [0.29, 0.717) is 19.4 Å². The van der Waals surface area contributed by atoms with E-state index >= 15 is 0 Å². The number of piperidine rings is 1. The molecule has 10 nitrogen and oxygen atoms in total. The monoisotopic (exact) mass is 475 g/mol. The van der Waals surface area contributed by atoms with Crippen molar-refractivity contribution in [1.29, 1.82) is 0 Å². The number of nitrogens with zero attached hydrogens (tertiary/aromatic N) is 1. The summed E-state index contributed by atoms with van der Waals surface area (Å²) < 4.78 is 16.5. The van der Waals surface area contributed by atoms with E-state index in [1.54, 1.807) is 26.0 Å². The van der Waals surface area contributed by atoms with Crippen molar-refractivity contribution in [1.82, 2.24) is 4.90 Å². The number of ether oxygens (including phenoxy) is 3. The molecule has 0 aromatic heterocycles. The molecule has 1 aromatic carbocycles. The molecule has 10 heteroatoms. The maximum atomic E-state index is 12.7. The lowest BCUT2D eigenvalue weighted by Gasteiger charge is -2.61. The second kappa shape index (κ2) is 7.67. The highest BCUT2D eigenvalue weighted by atomic mass is 16.6. The van der Waals surface area contributed by atoms with Crippen molar-refractivity contribution < 1.29 is 44.2 Å². The summed E-state index contributed by atoms with van der Waals surface area (Å²) in [6, 6.07) is 3.18. The fourth-order valence-electron chi connectivity index (χ4n) is 6.17. The molecule has 6 atom stereocenters. The summed E-state index contributed by atoms with van der Waals surface area (Å²) in [6.45, 7) is 3.80. The van der Waals surface area contributed by atoms with Crippen LogP contribution in [0.1, 0.15) is 37.8 Å². The molecule has 1 spiro atoms. The number of carbonyl (C=O) groups is 2. The number of carbonyl (C=O) groups excluding carboxylic acids is 2. The summed E-state index contributed by atoms with van der Waals surface area (Å²) in [6.07, 6.45) is -2.98. The van der Waals surface area contributed by atoms with Gasteiger partial charge >= 0.3 is 11.9 Å². The van der Waals surface area contributed by atoms with Gasteiger partial charge in [0.25, 0.3) is 0 Å². The summed E-state index contributed by atoms with van der Waals surface area (Å²) in [5.74, 6) is -2.14. The Balaban J connectivity index is 1.49. The number of hydrogen-bond donors (Lipinski definition) is 4. The predicted octanol–water partition coefficient (Wildman–Crippen LogP) is -0.114. The lowest BCUT2D eigenvalue weighted by molar-refractivity contribution is -0.180. The van der Waals surface area contributed by atoms with Gasteiger partial charge in [-0.25, -0.2) is 9.59 Å². The molecule has 0 amide bonds. The van der Waals surface area contributed by atoms with Crippen LogP contribution in [0.3, 0.4) is 0 Å². The van der Waals surface area contributed by atoms with Gasteiger partial charge in [0.1, 0.15) is 5.76 Å². The van der Waals surface area contributed by atoms with Gasteiger partial charge in [-0.2, -0.15) is 0 Å². The first-order valence-electron chi connectivity index (χ1n) is 11.4. The summed E-state index contributed by atoms with van der Waals surface area (Å²) >= 11 is 0. The van der Waals surface area contributed by atoms with Gasteiger partial charge in [-0.1, -0.05) is 6.07 Å². The van der Waals surface area contributed by atoms with Crippen molar-refractivity contribution in [2.45, 2.75) is 74.6 Å². The summed E-state index contributed by atoms with van der Waals surface area (Å²) in [7, 11) is 1.96. The van der Waals surface area contributed by atoms with Crippen LogP contribution < -0.4 is 4.74 Å². The fourth-order valence-corrected chi connectivity index (χ4v) is 6.17. The molecular weight excluding hydrogens is 446 g/mol. The normalized spacial score (nSPS) is 32.9. The summed E-state index contributed by atoms with van der Waals surface area (Å²) in [4.78, 5) is 26.7. The van der Waals surface area contributed by atoms with E-state index in [4.69, 9.17) is 14.2 Å². The number of aromatic hydroxyl groups is 1. The van der Waals surface area contributed by atoms with E-state index in [9.17, 15) is 30.0 Å². The summed E-state index contributed by atoms with van der Waals surface area (Å²) in [5, 5.41) is 42.9. The Morgan fingerprint density at radius 1 is 1.21 bits per heavy atom. The zero-order valence-corrected chi connectivity index (χ0v) is 19.2. The van der Waals surface area contributed by atoms with E-state index in [-0.39, 0.29) is 29.7 Å². The molecule has 184 valence electrons. The van der Waals surface area contributed by atoms with E-state index in [1.807, 2.05) is 13.1 Å². The molecule has 2 unspecified atom stereocenters. The molecule has 2 aliphatic carbocycles. The van der Waals surface area contributed by atoms with Crippen LogP contribution in [0, 0.1) is 0 Å². The SMILES string of the molecule is CC(C)OC(=O)[C@H](O)[C@@H](O)C(=O)OC1=CC[C@@]2(O)[C@H]3Cc4ccc(O)c5c4C2(CCN3C)C1O5. The van der Waals surface area contributed by atoms with Crippen LogP contribution in [0.25, 0.3) is 0 Å². The van der Waals surface area contributed by atoms with Gasteiger partial charge in [-0.05, 0) is 58.0 Å². The van der Waals surface area contributed by atoms with Crippen molar-refractivity contribution in [2.24, 2.45) is 0 Å². The molecule has 1 saturated heterocycles. The zero-order valence-electron chi connectivity index (χ0n) is 19.2. The molecule has 2 aliphatic heterocycles. The number of rotatable bonds is 5. The zero-order chi connectivity index (χ0) is 24.6. The van der Waals surface area contributed by atoms with Crippen molar-refractivity contribution in [3.63, 3.8) is 0 Å². The first-order chi connectivity index (χ1) is 16.0. The molecular formula is C24H29NO9. The van der Waals surface area contributed by atoms with Crippen LogP contribution in [-0.4, -0.2) is 86.9 Å². The molecule has 34 heavy (non-hydrogen) atoms. The Morgan fingerprint density at radius 2 is 1.91 bits per heavy atom. The quantitative estimate of drug-likeness (QED) is 0.425. The van der Waals surface area contributed by atoms with Crippen LogP contribution >= 0.6 is 0 Å². The van der Waals surface area contributed by atoms with Gasteiger partial charge in [-0.15, -0.1) is 0 Å². The van der Waals surface area contributed by atoms with Crippen molar-refractivity contribution in [3.8, 4) is 11.5 Å². The Bertz CT molecular complexity index is 1080. The number of phenolic OH excluding ortho intramolecular Hbond substituents is 1. The Labute approximate surface area is 196 Å². The number of likely N-dealkylation sites (tertiary alicyclic amines) is 1. The highest BCUT2D eigenvalue weighted by molar-refractivity contribution is 5.86. The maximum Gasteiger partial charge on any atom is 0.343 e.